The van der Waals surface area contributed by atoms with E-state index in [1.54, 1.807) is 13.3 Å². The van der Waals surface area contributed by atoms with Crippen LogP contribution in [0.4, 0.5) is 22.0 Å². The monoisotopic (exact) mass is 434 g/mol. The number of fused-ring (bicyclic) bond motifs is 1. The van der Waals surface area contributed by atoms with Crippen LogP contribution in [0.25, 0.3) is 0 Å². The number of carbonyl (C=O) groups is 1. The summed E-state index contributed by atoms with van der Waals surface area (Å²) in [7, 11) is 1.61. The number of pyridine rings is 1. The van der Waals surface area contributed by atoms with Crippen molar-refractivity contribution in [2.75, 3.05) is 36.1 Å². The van der Waals surface area contributed by atoms with Gasteiger partial charge in [-0.2, -0.15) is 0 Å². The number of aryl methyl sites for hydroxylation is 1. The third-order valence-electron chi connectivity index (χ3n) is 6.66. The molecule has 1 aromatic carbocycles. The minimum absolute atomic E-state index is 0.134. The minimum Gasteiger partial charge on any atom is -0.495 e. The van der Waals surface area contributed by atoms with Gasteiger partial charge in [-0.3, -0.25) is 4.99 Å². The van der Waals surface area contributed by atoms with E-state index in [4.69, 9.17) is 9.73 Å². The summed E-state index contributed by atoms with van der Waals surface area (Å²) >= 11 is 0. The number of anilines is 3. The lowest BCUT2D eigenvalue weighted by Gasteiger charge is -2.38. The number of urea groups is 1. The summed E-state index contributed by atoms with van der Waals surface area (Å²) in [5, 5.41) is 10.2. The molecular formula is C24H30N6O2. The van der Waals surface area contributed by atoms with Crippen LogP contribution in [0.15, 0.2) is 41.5 Å². The number of hydrogen-bond donors (Lipinski definition) is 3. The average Bonchev–Trinajstić information content (AvgIpc) is 3.45. The molecule has 32 heavy (non-hydrogen) atoms. The summed E-state index contributed by atoms with van der Waals surface area (Å²) in [6.07, 6.45) is 7.25. The maximum atomic E-state index is 13.2. The molecule has 3 heterocycles. The molecule has 168 valence electrons. The number of aromatic nitrogens is 1. The lowest BCUT2D eigenvalue weighted by molar-refractivity contribution is 0.221. The van der Waals surface area contributed by atoms with Gasteiger partial charge in [0.25, 0.3) is 0 Å². The Morgan fingerprint density at radius 1 is 1.31 bits per heavy atom. The van der Waals surface area contributed by atoms with Crippen molar-refractivity contribution in [1.29, 1.82) is 0 Å². The molecule has 8 nitrogen and oxygen atoms in total. The second-order valence-electron chi connectivity index (χ2n) is 8.95. The first-order valence-electron chi connectivity index (χ1n) is 11.4. The van der Waals surface area contributed by atoms with Crippen LogP contribution >= 0.6 is 0 Å². The molecule has 8 heteroatoms. The number of benzene rings is 1. The lowest BCUT2D eigenvalue weighted by atomic mass is 9.93. The highest BCUT2D eigenvalue weighted by atomic mass is 16.5. The van der Waals surface area contributed by atoms with Gasteiger partial charge in [0.1, 0.15) is 17.1 Å². The first-order valence-corrected chi connectivity index (χ1v) is 11.4. The van der Waals surface area contributed by atoms with E-state index in [1.807, 2.05) is 42.2 Å². The maximum Gasteiger partial charge on any atom is 0.322 e. The van der Waals surface area contributed by atoms with Gasteiger partial charge in [-0.25, -0.2) is 9.78 Å². The molecule has 3 aliphatic rings. The van der Waals surface area contributed by atoms with Crippen LogP contribution in [-0.2, 0) is 0 Å². The smallest absolute Gasteiger partial charge is 0.322 e. The molecule has 5 rings (SSSR count). The average molecular weight is 435 g/mol. The molecule has 0 bridgehead atoms. The standard InChI is InChI=1S/C24H30N6O2/c1-16-9-10-20(32-2)19(14-16)27-23(31)30-13-11-24(15-30)22(26-17-6-3-4-7-17)28-21-18(29-24)8-5-12-25-21/h5,8-10,12,14,17,29H,3-4,6-7,11,13,15H2,1-2H3,(H,27,31)(H,25,26,28). The predicted octanol–water partition coefficient (Wildman–Crippen LogP) is 4.25. The Hall–Kier alpha value is -3.29. The number of hydrogen-bond acceptors (Lipinski definition) is 5. The number of ether oxygens (including phenoxy) is 1. The Morgan fingerprint density at radius 3 is 2.97 bits per heavy atom. The largest absolute Gasteiger partial charge is 0.495 e. The summed E-state index contributed by atoms with van der Waals surface area (Å²) in [4.78, 5) is 24.6. The first kappa shape index (κ1) is 20.6. The fraction of sp³-hybridized carbons (Fsp3) is 0.458. The molecule has 1 atom stereocenters. The molecule has 1 saturated heterocycles. The van der Waals surface area contributed by atoms with Crippen LogP contribution in [0.3, 0.4) is 0 Å². The van der Waals surface area contributed by atoms with E-state index in [1.165, 1.54) is 12.8 Å². The van der Waals surface area contributed by atoms with Crippen molar-refractivity contribution in [2.24, 2.45) is 4.99 Å². The number of nitrogens with zero attached hydrogens (tertiary/aromatic N) is 3. The zero-order valence-corrected chi connectivity index (χ0v) is 18.6. The Bertz CT molecular complexity index is 1050. The van der Waals surface area contributed by atoms with Gasteiger partial charge < -0.3 is 25.6 Å². The zero-order valence-electron chi connectivity index (χ0n) is 18.6. The van der Waals surface area contributed by atoms with E-state index >= 15 is 0 Å². The van der Waals surface area contributed by atoms with Gasteiger partial charge in [-0.15, -0.1) is 0 Å². The third-order valence-corrected chi connectivity index (χ3v) is 6.66. The van der Waals surface area contributed by atoms with Gasteiger partial charge in [0.15, 0.2) is 5.82 Å². The van der Waals surface area contributed by atoms with Crippen molar-refractivity contribution >= 4 is 29.1 Å². The molecule has 2 amide bonds. The molecule has 3 N–H and O–H groups in total. The summed E-state index contributed by atoms with van der Waals surface area (Å²) in [6.45, 7) is 3.16. The van der Waals surface area contributed by atoms with Gasteiger partial charge in [-0.1, -0.05) is 18.9 Å². The van der Waals surface area contributed by atoms with Gasteiger partial charge in [0.2, 0.25) is 0 Å². The van der Waals surface area contributed by atoms with Crippen molar-refractivity contribution < 1.29 is 9.53 Å². The molecule has 2 aliphatic heterocycles. The number of amides is 2. The molecule has 1 saturated carbocycles. The van der Waals surface area contributed by atoms with E-state index in [9.17, 15) is 4.79 Å². The second-order valence-corrected chi connectivity index (χ2v) is 8.95. The fourth-order valence-electron chi connectivity index (χ4n) is 4.92. The van der Waals surface area contributed by atoms with Crippen LogP contribution in [0, 0.1) is 6.92 Å². The van der Waals surface area contributed by atoms with E-state index in [2.05, 4.69) is 20.9 Å². The molecular weight excluding hydrogens is 404 g/mol. The van der Waals surface area contributed by atoms with Crippen molar-refractivity contribution in [3.05, 3.63) is 42.1 Å². The number of rotatable bonds is 3. The summed E-state index contributed by atoms with van der Waals surface area (Å²) in [5.74, 6) is 2.35. The Labute approximate surface area is 188 Å². The normalized spacial score (nSPS) is 23.7. The maximum absolute atomic E-state index is 13.2. The highest BCUT2D eigenvalue weighted by molar-refractivity contribution is 6.09. The summed E-state index contributed by atoms with van der Waals surface area (Å²) < 4.78 is 5.42. The predicted molar refractivity (Wildman–Crippen MR) is 127 cm³/mol. The second kappa shape index (κ2) is 8.33. The van der Waals surface area contributed by atoms with Gasteiger partial charge >= 0.3 is 6.03 Å². The molecule has 1 aliphatic carbocycles. The number of amidine groups is 1. The zero-order chi connectivity index (χ0) is 22.1. The van der Waals surface area contributed by atoms with E-state index in [0.717, 1.165) is 42.2 Å². The van der Waals surface area contributed by atoms with Crippen LogP contribution in [-0.4, -0.2) is 53.5 Å². The van der Waals surface area contributed by atoms with Crippen molar-refractivity contribution in [2.45, 2.75) is 50.6 Å². The van der Waals surface area contributed by atoms with Gasteiger partial charge in [0.05, 0.1) is 31.1 Å². The minimum atomic E-state index is -0.438. The van der Waals surface area contributed by atoms with Crippen molar-refractivity contribution in [1.82, 2.24) is 9.88 Å². The molecule has 2 aromatic rings. The molecule has 0 radical (unpaired) electrons. The highest BCUT2D eigenvalue weighted by Crippen LogP contribution is 2.37. The number of methoxy groups -OCH3 is 1. The van der Waals surface area contributed by atoms with Crippen LogP contribution in [0.1, 0.15) is 37.7 Å². The third kappa shape index (κ3) is 3.85. The fourth-order valence-corrected chi connectivity index (χ4v) is 4.92. The Morgan fingerprint density at radius 2 is 2.16 bits per heavy atom. The van der Waals surface area contributed by atoms with E-state index in [0.29, 0.717) is 30.6 Å². The number of aliphatic imine (C=N–C) groups is 1. The highest BCUT2D eigenvalue weighted by Gasteiger charge is 2.47. The van der Waals surface area contributed by atoms with E-state index < -0.39 is 5.54 Å². The molecule has 1 unspecified atom stereocenters. The Kier molecular flexibility index (Phi) is 5.36. The SMILES string of the molecule is COc1ccc(C)cc1NC(=O)N1CCC2(C1)Nc1cccnc1NC2=NC1CCCC1. The topological polar surface area (TPSA) is 90.9 Å². The van der Waals surface area contributed by atoms with Crippen LogP contribution in [0.5, 0.6) is 5.75 Å². The molecule has 2 fully saturated rings. The number of nitrogens with one attached hydrogen (secondary N) is 3. The molecule has 1 aromatic heterocycles. The van der Waals surface area contributed by atoms with Gasteiger partial charge in [-0.05, 0) is 56.0 Å². The van der Waals surface area contributed by atoms with Crippen LogP contribution < -0.4 is 20.7 Å². The molecule has 1 spiro atoms. The lowest BCUT2D eigenvalue weighted by Crippen LogP contribution is -2.55. The number of carbonyl (C=O) groups excluding carboxylic acids is 1. The first-order chi connectivity index (χ1) is 15.6. The quantitative estimate of drug-likeness (QED) is 0.672. The summed E-state index contributed by atoms with van der Waals surface area (Å²) in [6, 6.07) is 9.91. The van der Waals surface area contributed by atoms with Gasteiger partial charge in [0, 0.05) is 12.7 Å². The number of likely N-dealkylation sites (tertiary alicyclic amines) is 1. The summed E-state index contributed by atoms with van der Waals surface area (Å²) in [5.41, 5.74) is 2.25. The van der Waals surface area contributed by atoms with E-state index in [-0.39, 0.29) is 6.03 Å². The Balaban J connectivity index is 1.39. The van der Waals surface area contributed by atoms with Crippen molar-refractivity contribution in [3.63, 3.8) is 0 Å². The van der Waals surface area contributed by atoms with Crippen molar-refractivity contribution in [3.8, 4) is 5.75 Å². The van der Waals surface area contributed by atoms with Crippen LogP contribution in [0.2, 0.25) is 0 Å².